The van der Waals surface area contributed by atoms with E-state index >= 15 is 0 Å². The summed E-state index contributed by atoms with van der Waals surface area (Å²) in [7, 11) is 3.51. The number of hydrogen-bond acceptors (Lipinski definition) is 8. The Kier molecular flexibility index (Phi) is 3.62. The van der Waals surface area contributed by atoms with Crippen LogP contribution in [0.2, 0.25) is 0 Å². The fourth-order valence-electron chi connectivity index (χ4n) is 2.58. The molecule has 4 N–H and O–H groups in total. The van der Waals surface area contributed by atoms with Crippen LogP contribution in [0, 0.1) is 0 Å². The Hall–Kier alpha value is -1.97. The number of nitrogens with zero attached hydrogens (tertiary/aromatic N) is 4. The Balaban J connectivity index is 2.09. The number of nitrogens with one attached hydrogen (secondary N) is 2. The molecule has 3 heterocycles. The molecule has 1 fully saturated rings. The van der Waals surface area contributed by atoms with Gasteiger partial charge in [-0.15, -0.1) is 0 Å². The Morgan fingerprint density at radius 1 is 1.38 bits per heavy atom. The number of aliphatic hydroxyl groups is 2. The van der Waals surface area contributed by atoms with Crippen LogP contribution in [0.1, 0.15) is 12.6 Å². The summed E-state index contributed by atoms with van der Waals surface area (Å²) < 4.78 is 7.47. The molecule has 9 nitrogen and oxygen atoms in total. The highest BCUT2D eigenvalue weighted by Crippen LogP contribution is 2.34. The number of aromatic nitrogens is 4. The predicted octanol–water partition coefficient (Wildman–Crippen LogP) is -0.450. The molecule has 3 atom stereocenters. The average Bonchev–Trinajstić information content (AvgIpc) is 3.06. The molecule has 21 heavy (non-hydrogen) atoms. The molecule has 0 amide bonds. The molecule has 3 rings (SSSR count). The van der Waals surface area contributed by atoms with Crippen molar-refractivity contribution in [2.24, 2.45) is 0 Å². The summed E-state index contributed by atoms with van der Waals surface area (Å²) in [5, 5.41) is 25.1. The maximum absolute atomic E-state index is 9.91. The van der Waals surface area contributed by atoms with Crippen molar-refractivity contribution in [3.8, 4) is 0 Å². The smallest absolute Gasteiger partial charge is 0.207 e. The standard InChI is InChI=1S/C12H18N6O3/c1-13-10-9-11(16-5-15-10)18(12(14-2)17-9)8-3-6(20)7(4-19)21-8/h5-8,19-20H,3-4H2,1-2H3,(H,14,17)(H,13,15,16)/t6-,7+,8-/m1/s1. The lowest BCUT2D eigenvalue weighted by molar-refractivity contribution is -0.0425. The van der Waals surface area contributed by atoms with E-state index in [9.17, 15) is 10.2 Å². The average molecular weight is 294 g/mol. The second-order valence-electron chi connectivity index (χ2n) is 4.81. The molecule has 0 bridgehead atoms. The van der Waals surface area contributed by atoms with Crippen molar-refractivity contribution >= 4 is 22.9 Å². The number of imidazole rings is 1. The second kappa shape index (κ2) is 5.43. The summed E-state index contributed by atoms with van der Waals surface area (Å²) in [6.07, 6.45) is 0.0602. The summed E-state index contributed by atoms with van der Waals surface area (Å²) in [5.41, 5.74) is 1.23. The maximum Gasteiger partial charge on any atom is 0.207 e. The van der Waals surface area contributed by atoms with Gasteiger partial charge in [-0.1, -0.05) is 0 Å². The minimum atomic E-state index is -0.715. The van der Waals surface area contributed by atoms with Crippen LogP contribution >= 0.6 is 0 Å². The van der Waals surface area contributed by atoms with Gasteiger partial charge in [0, 0.05) is 20.5 Å². The van der Waals surface area contributed by atoms with Crippen LogP contribution in [0.5, 0.6) is 0 Å². The minimum absolute atomic E-state index is 0.226. The summed E-state index contributed by atoms with van der Waals surface area (Å²) in [6, 6.07) is 0. The van der Waals surface area contributed by atoms with Crippen molar-refractivity contribution in [1.29, 1.82) is 0 Å². The number of hydrogen-bond donors (Lipinski definition) is 4. The third kappa shape index (κ3) is 2.19. The minimum Gasteiger partial charge on any atom is -0.394 e. The van der Waals surface area contributed by atoms with E-state index in [0.29, 0.717) is 29.4 Å². The van der Waals surface area contributed by atoms with Crippen molar-refractivity contribution in [3.63, 3.8) is 0 Å². The zero-order valence-electron chi connectivity index (χ0n) is 11.8. The molecule has 0 aromatic carbocycles. The Morgan fingerprint density at radius 3 is 2.81 bits per heavy atom. The summed E-state index contributed by atoms with van der Waals surface area (Å²) in [6.45, 7) is -0.226. The lowest BCUT2D eigenvalue weighted by Crippen LogP contribution is -2.24. The third-order valence-electron chi connectivity index (χ3n) is 3.61. The van der Waals surface area contributed by atoms with E-state index in [1.165, 1.54) is 6.33 Å². The number of ether oxygens (including phenoxy) is 1. The molecular weight excluding hydrogens is 276 g/mol. The molecule has 1 aliphatic rings. The zero-order valence-corrected chi connectivity index (χ0v) is 11.8. The van der Waals surface area contributed by atoms with Gasteiger partial charge in [0.05, 0.1) is 12.7 Å². The van der Waals surface area contributed by atoms with E-state index in [0.717, 1.165) is 0 Å². The number of anilines is 2. The van der Waals surface area contributed by atoms with Gasteiger partial charge in [0.15, 0.2) is 17.0 Å². The molecular formula is C12H18N6O3. The van der Waals surface area contributed by atoms with Gasteiger partial charge in [0.25, 0.3) is 0 Å². The molecule has 9 heteroatoms. The van der Waals surface area contributed by atoms with E-state index in [1.807, 2.05) is 0 Å². The van der Waals surface area contributed by atoms with Gasteiger partial charge in [-0.25, -0.2) is 15.0 Å². The van der Waals surface area contributed by atoms with E-state index < -0.39 is 18.4 Å². The quantitative estimate of drug-likeness (QED) is 0.599. The predicted molar refractivity (Wildman–Crippen MR) is 76.0 cm³/mol. The first-order chi connectivity index (χ1) is 10.2. The summed E-state index contributed by atoms with van der Waals surface area (Å²) in [5.74, 6) is 1.19. The lowest BCUT2D eigenvalue weighted by atomic mass is 10.2. The second-order valence-corrected chi connectivity index (χ2v) is 4.81. The first kappa shape index (κ1) is 14.0. The summed E-state index contributed by atoms with van der Waals surface area (Å²) in [4.78, 5) is 12.9. The topological polar surface area (TPSA) is 117 Å². The molecule has 0 aliphatic carbocycles. The van der Waals surface area contributed by atoms with Gasteiger partial charge in [0.2, 0.25) is 5.95 Å². The van der Waals surface area contributed by atoms with E-state index in [-0.39, 0.29) is 6.61 Å². The van der Waals surface area contributed by atoms with Crippen molar-refractivity contribution < 1.29 is 14.9 Å². The molecule has 0 radical (unpaired) electrons. The van der Waals surface area contributed by atoms with Gasteiger partial charge in [0.1, 0.15) is 18.7 Å². The van der Waals surface area contributed by atoms with Gasteiger partial charge in [-0.2, -0.15) is 0 Å². The van der Waals surface area contributed by atoms with Crippen LogP contribution in [-0.4, -0.2) is 62.6 Å². The van der Waals surface area contributed by atoms with Crippen molar-refractivity contribution in [1.82, 2.24) is 19.5 Å². The van der Waals surface area contributed by atoms with Crippen LogP contribution in [0.15, 0.2) is 6.33 Å². The van der Waals surface area contributed by atoms with Crippen LogP contribution in [0.4, 0.5) is 11.8 Å². The maximum atomic E-state index is 9.91. The van der Waals surface area contributed by atoms with E-state index in [4.69, 9.17) is 4.74 Å². The number of fused-ring (bicyclic) bond motifs is 1. The Bertz CT molecular complexity index is 645. The highest BCUT2D eigenvalue weighted by Gasteiger charge is 2.36. The van der Waals surface area contributed by atoms with Gasteiger partial charge < -0.3 is 25.6 Å². The summed E-state index contributed by atoms with van der Waals surface area (Å²) >= 11 is 0. The van der Waals surface area contributed by atoms with Crippen LogP contribution in [0.3, 0.4) is 0 Å². The molecule has 0 spiro atoms. The Morgan fingerprint density at radius 2 is 2.19 bits per heavy atom. The monoisotopic (exact) mass is 294 g/mol. The zero-order chi connectivity index (χ0) is 15.0. The largest absolute Gasteiger partial charge is 0.394 e. The van der Waals surface area contributed by atoms with Gasteiger partial charge in [-0.05, 0) is 0 Å². The van der Waals surface area contributed by atoms with E-state index in [2.05, 4.69) is 25.6 Å². The van der Waals surface area contributed by atoms with E-state index in [1.54, 1.807) is 18.7 Å². The SMILES string of the molecule is CNc1ncnc2c1nc(NC)n2[C@H]1C[C@@H](O)[C@H](CO)O1. The highest BCUT2D eigenvalue weighted by molar-refractivity contribution is 5.85. The van der Waals surface area contributed by atoms with Crippen LogP contribution in [-0.2, 0) is 4.74 Å². The normalized spacial score (nSPS) is 25.4. The van der Waals surface area contributed by atoms with Gasteiger partial charge in [-0.3, -0.25) is 4.57 Å². The molecule has 1 saturated heterocycles. The van der Waals surface area contributed by atoms with Crippen molar-refractivity contribution in [2.45, 2.75) is 24.9 Å². The number of aliphatic hydroxyl groups excluding tert-OH is 2. The molecule has 0 saturated carbocycles. The molecule has 114 valence electrons. The first-order valence-electron chi connectivity index (χ1n) is 6.72. The fourth-order valence-corrected chi connectivity index (χ4v) is 2.58. The first-order valence-corrected chi connectivity index (χ1v) is 6.72. The van der Waals surface area contributed by atoms with Crippen LogP contribution in [0.25, 0.3) is 11.2 Å². The van der Waals surface area contributed by atoms with Crippen LogP contribution < -0.4 is 10.6 Å². The molecule has 0 unspecified atom stereocenters. The van der Waals surface area contributed by atoms with Gasteiger partial charge >= 0.3 is 0 Å². The lowest BCUT2D eigenvalue weighted by Gasteiger charge is -2.16. The van der Waals surface area contributed by atoms with Crippen molar-refractivity contribution in [3.05, 3.63) is 6.33 Å². The molecule has 2 aromatic heterocycles. The fraction of sp³-hybridized carbons (Fsp3) is 0.583. The number of rotatable bonds is 4. The molecule has 2 aromatic rings. The molecule has 1 aliphatic heterocycles. The Labute approximate surface area is 121 Å². The third-order valence-corrected chi connectivity index (χ3v) is 3.61. The highest BCUT2D eigenvalue weighted by atomic mass is 16.5. The van der Waals surface area contributed by atoms with Crippen molar-refractivity contribution in [2.75, 3.05) is 31.3 Å².